The maximum absolute atomic E-state index is 10.8. The van der Waals surface area contributed by atoms with Crippen molar-refractivity contribution < 1.29 is 4.92 Å². The standard InChI is InChI=1S/C11H16N4O2/c1-12-10-6-9(15(16)17)7-11(13-10)14(2)8-4-3-5-8/h6-8H,3-5H2,1-2H3,(H,12,13). The first-order chi connectivity index (χ1) is 8.11. The Hall–Kier alpha value is -1.85. The molecule has 1 heterocycles. The second-order valence-electron chi connectivity index (χ2n) is 4.27. The Balaban J connectivity index is 2.31. The Labute approximate surface area is 99.8 Å². The molecule has 1 aromatic heterocycles. The maximum Gasteiger partial charge on any atom is 0.276 e. The van der Waals surface area contributed by atoms with Gasteiger partial charge >= 0.3 is 0 Å². The number of rotatable bonds is 4. The molecule has 0 radical (unpaired) electrons. The number of pyridine rings is 1. The Morgan fingerprint density at radius 3 is 2.71 bits per heavy atom. The van der Waals surface area contributed by atoms with Gasteiger partial charge in [0.15, 0.2) is 0 Å². The summed E-state index contributed by atoms with van der Waals surface area (Å²) in [5.74, 6) is 1.19. The maximum atomic E-state index is 10.8. The molecule has 0 aromatic carbocycles. The van der Waals surface area contributed by atoms with Crippen molar-refractivity contribution in [2.45, 2.75) is 25.3 Å². The first-order valence-corrected chi connectivity index (χ1v) is 5.69. The normalized spacial score (nSPS) is 15.2. The van der Waals surface area contributed by atoms with Gasteiger partial charge in [-0.15, -0.1) is 0 Å². The highest BCUT2D eigenvalue weighted by Crippen LogP contribution is 2.30. The molecule has 1 fully saturated rings. The summed E-state index contributed by atoms with van der Waals surface area (Å²) >= 11 is 0. The number of hydrogen-bond acceptors (Lipinski definition) is 5. The second-order valence-corrected chi connectivity index (χ2v) is 4.27. The van der Waals surface area contributed by atoms with Crippen LogP contribution in [0.1, 0.15) is 19.3 Å². The van der Waals surface area contributed by atoms with E-state index in [9.17, 15) is 10.1 Å². The minimum absolute atomic E-state index is 0.0746. The Morgan fingerprint density at radius 1 is 1.53 bits per heavy atom. The van der Waals surface area contributed by atoms with E-state index in [-0.39, 0.29) is 10.6 Å². The highest BCUT2D eigenvalue weighted by atomic mass is 16.6. The van der Waals surface area contributed by atoms with Crippen LogP contribution in [0.3, 0.4) is 0 Å². The first kappa shape index (κ1) is 11.6. The molecule has 1 saturated carbocycles. The van der Waals surface area contributed by atoms with Gasteiger partial charge in [-0.2, -0.15) is 0 Å². The zero-order chi connectivity index (χ0) is 12.4. The monoisotopic (exact) mass is 236 g/mol. The third kappa shape index (κ3) is 2.30. The fraction of sp³-hybridized carbons (Fsp3) is 0.545. The van der Waals surface area contributed by atoms with E-state index in [1.165, 1.54) is 18.6 Å². The minimum Gasteiger partial charge on any atom is -0.373 e. The van der Waals surface area contributed by atoms with Crippen LogP contribution in [0.25, 0.3) is 0 Å². The number of aromatic nitrogens is 1. The minimum atomic E-state index is -0.388. The Kier molecular flexibility index (Phi) is 3.12. The molecular formula is C11H16N4O2. The molecule has 6 nitrogen and oxygen atoms in total. The molecule has 2 rings (SSSR count). The van der Waals surface area contributed by atoms with Crippen LogP contribution in [-0.2, 0) is 0 Å². The zero-order valence-corrected chi connectivity index (χ0v) is 10.0. The van der Waals surface area contributed by atoms with E-state index in [1.807, 2.05) is 11.9 Å². The van der Waals surface area contributed by atoms with Crippen LogP contribution >= 0.6 is 0 Å². The molecule has 0 amide bonds. The van der Waals surface area contributed by atoms with Crippen molar-refractivity contribution in [2.24, 2.45) is 0 Å². The summed E-state index contributed by atoms with van der Waals surface area (Å²) in [6.45, 7) is 0. The fourth-order valence-corrected chi connectivity index (χ4v) is 1.88. The Morgan fingerprint density at radius 2 is 2.24 bits per heavy atom. The lowest BCUT2D eigenvalue weighted by molar-refractivity contribution is -0.384. The van der Waals surface area contributed by atoms with Crippen LogP contribution in [0.4, 0.5) is 17.3 Å². The topological polar surface area (TPSA) is 71.3 Å². The molecule has 0 spiro atoms. The van der Waals surface area contributed by atoms with Gasteiger partial charge in [-0.3, -0.25) is 10.1 Å². The summed E-state index contributed by atoms with van der Waals surface area (Å²) in [6, 6.07) is 3.44. The van der Waals surface area contributed by atoms with Gasteiger partial charge in [0, 0.05) is 20.1 Å². The largest absolute Gasteiger partial charge is 0.373 e. The van der Waals surface area contributed by atoms with Crippen molar-refractivity contribution in [3.63, 3.8) is 0 Å². The predicted molar refractivity (Wildman–Crippen MR) is 66.5 cm³/mol. The van der Waals surface area contributed by atoms with E-state index in [0.29, 0.717) is 17.7 Å². The average Bonchev–Trinajstić information content (AvgIpc) is 2.25. The van der Waals surface area contributed by atoms with Crippen molar-refractivity contribution in [3.8, 4) is 0 Å². The van der Waals surface area contributed by atoms with E-state index in [4.69, 9.17) is 0 Å². The van der Waals surface area contributed by atoms with Crippen molar-refractivity contribution in [3.05, 3.63) is 22.2 Å². The molecule has 0 unspecified atom stereocenters. The third-order valence-corrected chi connectivity index (χ3v) is 3.25. The van der Waals surface area contributed by atoms with Crippen LogP contribution < -0.4 is 10.2 Å². The summed E-state index contributed by atoms with van der Waals surface area (Å²) in [6.07, 6.45) is 3.49. The predicted octanol–water partition coefficient (Wildman–Crippen LogP) is 2.02. The molecule has 1 aromatic rings. The van der Waals surface area contributed by atoms with Gasteiger partial charge in [0.05, 0.1) is 17.1 Å². The highest BCUT2D eigenvalue weighted by Gasteiger charge is 2.24. The van der Waals surface area contributed by atoms with Gasteiger partial charge in [-0.05, 0) is 19.3 Å². The molecule has 1 N–H and O–H groups in total. The molecule has 0 bridgehead atoms. The molecular weight excluding hydrogens is 220 g/mol. The molecule has 0 aliphatic heterocycles. The average molecular weight is 236 g/mol. The van der Waals surface area contributed by atoms with Gasteiger partial charge < -0.3 is 10.2 Å². The second kappa shape index (κ2) is 4.57. The zero-order valence-electron chi connectivity index (χ0n) is 10.0. The van der Waals surface area contributed by atoms with Crippen LogP contribution in [-0.4, -0.2) is 30.0 Å². The summed E-state index contributed by atoms with van der Waals surface area (Å²) < 4.78 is 0. The summed E-state index contributed by atoms with van der Waals surface area (Å²) in [4.78, 5) is 16.8. The first-order valence-electron chi connectivity index (χ1n) is 5.69. The molecule has 0 saturated heterocycles. The van der Waals surface area contributed by atoms with E-state index < -0.39 is 0 Å². The van der Waals surface area contributed by atoms with Crippen molar-refractivity contribution in [2.75, 3.05) is 24.3 Å². The van der Waals surface area contributed by atoms with Crippen molar-refractivity contribution >= 4 is 17.3 Å². The quantitative estimate of drug-likeness (QED) is 0.639. The van der Waals surface area contributed by atoms with E-state index in [0.717, 1.165) is 12.8 Å². The highest BCUT2D eigenvalue weighted by molar-refractivity contribution is 5.56. The number of hydrogen-bond donors (Lipinski definition) is 1. The lowest BCUT2D eigenvalue weighted by Gasteiger charge is -2.35. The van der Waals surface area contributed by atoms with Crippen LogP contribution in [0, 0.1) is 10.1 Å². The lowest BCUT2D eigenvalue weighted by atomic mass is 9.92. The van der Waals surface area contributed by atoms with Crippen molar-refractivity contribution in [1.29, 1.82) is 0 Å². The van der Waals surface area contributed by atoms with E-state index in [2.05, 4.69) is 10.3 Å². The van der Waals surface area contributed by atoms with Gasteiger partial charge in [0.25, 0.3) is 5.69 Å². The number of anilines is 2. The molecule has 6 heteroatoms. The third-order valence-electron chi connectivity index (χ3n) is 3.25. The lowest BCUT2D eigenvalue weighted by Crippen LogP contribution is -2.37. The molecule has 17 heavy (non-hydrogen) atoms. The number of nitrogens with one attached hydrogen (secondary N) is 1. The molecule has 92 valence electrons. The Bertz CT molecular complexity index is 431. The van der Waals surface area contributed by atoms with Gasteiger partial charge in [0.2, 0.25) is 0 Å². The molecule has 1 aliphatic rings. The summed E-state index contributed by atoms with van der Waals surface area (Å²) in [5.41, 5.74) is 0.0746. The van der Waals surface area contributed by atoms with Gasteiger partial charge in [-0.25, -0.2) is 4.98 Å². The van der Waals surface area contributed by atoms with Gasteiger partial charge in [-0.1, -0.05) is 0 Å². The SMILES string of the molecule is CNc1cc([N+](=O)[O-])cc(N(C)C2CCC2)n1. The van der Waals surface area contributed by atoms with Crippen molar-refractivity contribution in [1.82, 2.24) is 4.98 Å². The van der Waals surface area contributed by atoms with E-state index in [1.54, 1.807) is 7.05 Å². The smallest absolute Gasteiger partial charge is 0.276 e. The molecule has 1 aliphatic carbocycles. The number of nitrogens with zero attached hydrogens (tertiary/aromatic N) is 3. The van der Waals surface area contributed by atoms with E-state index >= 15 is 0 Å². The van der Waals surface area contributed by atoms with Crippen LogP contribution in [0.15, 0.2) is 12.1 Å². The van der Waals surface area contributed by atoms with Crippen LogP contribution in [0.2, 0.25) is 0 Å². The number of nitro groups is 1. The summed E-state index contributed by atoms with van der Waals surface area (Å²) in [5, 5.41) is 13.7. The van der Waals surface area contributed by atoms with Crippen LogP contribution in [0.5, 0.6) is 0 Å². The molecule has 0 atom stereocenters. The fourth-order valence-electron chi connectivity index (χ4n) is 1.88. The van der Waals surface area contributed by atoms with Gasteiger partial charge in [0.1, 0.15) is 11.6 Å². The summed E-state index contributed by atoms with van der Waals surface area (Å²) in [7, 11) is 3.65.